The van der Waals surface area contributed by atoms with Crippen LogP contribution in [0.5, 0.6) is 0 Å². The van der Waals surface area contributed by atoms with Gasteiger partial charge in [0, 0.05) is 28.1 Å². The average Bonchev–Trinajstić information content (AvgIpc) is 3.00. The van der Waals surface area contributed by atoms with Gasteiger partial charge in [0.2, 0.25) is 0 Å². The molecule has 0 spiro atoms. The second-order valence-corrected chi connectivity index (χ2v) is 8.61. The van der Waals surface area contributed by atoms with E-state index in [4.69, 9.17) is 0 Å². The van der Waals surface area contributed by atoms with Crippen molar-refractivity contribution >= 4 is 39.1 Å². The molecule has 2 heterocycles. The number of hydrogen-bond acceptors (Lipinski definition) is 4. The van der Waals surface area contributed by atoms with Crippen LogP contribution in [0, 0.1) is 20.8 Å². The molecule has 0 aliphatic carbocycles. The topological polar surface area (TPSA) is 70.5 Å². The number of aliphatic hydroxyl groups excluding tert-OH is 1. The number of anilines is 1. The summed E-state index contributed by atoms with van der Waals surface area (Å²) < 4.78 is 0.894. The maximum atomic E-state index is 13.2. The summed E-state index contributed by atoms with van der Waals surface area (Å²) in [6.07, 6.45) is 3.22. The lowest BCUT2D eigenvalue weighted by Gasteiger charge is -2.26. The van der Waals surface area contributed by atoms with E-state index in [1.807, 2.05) is 45.0 Å². The summed E-state index contributed by atoms with van der Waals surface area (Å²) in [7, 11) is 0. The zero-order valence-corrected chi connectivity index (χ0v) is 19.0. The van der Waals surface area contributed by atoms with Crippen LogP contribution in [0.25, 0.3) is 5.76 Å². The number of benzene rings is 2. The van der Waals surface area contributed by atoms with Crippen LogP contribution in [0.15, 0.2) is 71.0 Å². The number of rotatable bonds is 3. The highest BCUT2D eigenvalue weighted by atomic mass is 79.9. The lowest BCUT2D eigenvalue weighted by Crippen LogP contribution is -2.29. The van der Waals surface area contributed by atoms with Crippen LogP contribution < -0.4 is 4.90 Å². The Kier molecular flexibility index (Phi) is 5.50. The minimum Gasteiger partial charge on any atom is -0.507 e. The molecule has 0 bridgehead atoms. The highest BCUT2D eigenvalue weighted by Crippen LogP contribution is 2.42. The fourth-order valence-corrected chi connectivity index (χ4v) is 4.24. The largest absolute Gasteiger partial charge is 0.507 e. The van der Waals surface area contributed by atoms with E-state index in [9.17, 15) is 14.7 Å². The molecule has 5 nitrogen and oxygen atoms in total. The molecule has 1 unspecified atom stereocenters. The third kappa shape index (κ3) is 3.79. The van der Waals surface area contributed by atoms with Crippen molar-refractivity contribution in [2.24, 2.45) is 0 Å². The van der Waals surface area contributed by atoms with Gasteiger partial charge in [0.1, 0.15) is 5.76 Å². The maximum Gasteiger partial charge on any atom is 0.300 e. The van der Waals surface area contributed by atoms with Gasteiger partial charge in [-0.2, -0.15) is 0 Å². The van der Waals surface area contributed by atoms with Crippen LogP contribution in [-0.4, -0.2) is 21.8 Å². The van der Waals surface area contributed by atoms with Gasteiger partial charge in [-0.3, -0.25) is 19.5 Å². The quantitative estimate of drug-likeness (QED) is 0.312. The molecule has 31 heavy (non-hydrogen) atoms. The number of nitrogens with zero attached hydrogens (tertiary/aromatic N) is 2. The van der Waals surface area contributed by atoms with Crippen molar-refractivity contribution in [3.05, 3.63) is 98.8 Å². The molecule has 1 saturated heterocycles. The number of carbonyl (C=O) groups is 2. The monoisotopic (exact) mass is 476 g/mol. The summed E-state index contributed by atoms with van der Waals surface area (Å²) in [6, 6.07) is 13.8. The molecule has 1 aromatic heterocycles. The van der Waals surface area contributed by atoms with E-state index in [1.165, 1.54) is 4.90 Å². The van der Waals surface area contributed by atoms with Gasteiger partial charge in [-0.15, -0.1) is 0 Å². The number of aryl methyl sites for hydroxylation is 3. The number of pyridine rings is 1. The number of halogens is 1. The molecule has 1 aliphatic rings. The van der Waals surface area contributed by atoms with Gasteiger partial charge < -0.3 is 5.11 Å². The smallest absolute Gasteiger partial charge is 0.300 e. The highest BCUT2D eigenvalue weighted by molar-refractivity contribution is 9.10. The van der Waals surface area contributed by atoms with Crippen LogP contribution in [-0.2, 0) is 9.59 Å². The van der Waals surface area contributed by atoms with Gasteiger partial charge in [0.15, 0.2) is 0 Å². The van der Waals surface area contributed by atoms with Crippen molar-refractivity contribution in [2.45, 2.75) is 26.8 Å². The van der Waals surface area contributed by atoms with Gasteiger partial charge in [-0.05, 0) is 79.4 Å². The van der Waals surface area contributed by atoms with E-state index in [2.05, 4.69) is 20.9 Å². The summed E-state index contributed by atoms with van der Waals surface area (Å²) >= 11 is 3.45. The number of Topliss-reactive ketones (excluding diaryl/α,β-unsaturated/α-hetero) is 1. The number of aromatic nitrogens is 1. The highest BCUT2D eigenvalue weighted by Gasteiger charge is 2.47. The standard InChI is InChI=1S/C25H21BrN2O3/c1-14-10-15(2)12-19(11-14)28-22(17-6-8-27-9-7-17)21(24(30)25(28)31)23(29)18-4-5-20(26)16(3)13-18/h4-13,22,29H,1-3H3/b23-21-. The third-order valence-electron chi connectivity index (χ3n) is 5.38. The first-order chi connectivity index (χ1) is 14.8. The van der Waals surface area contributed by atoms with Gasteiger partial charge in [-0.1, -0.05) is 28.1 Å². The molecule has 6 heteroatoms. The van der Waals surface area contributed by atoms with Crippen LogP contribution >= 0.6 is 15.9 Å². The van der Waals surface area contributed by atoms with Gasteiger partial charge in [0.25, 0.3) is 11.7 Å². The molecule has 2 aromatic carbocycles. The number of carbonyl (C=O) groups excluding carboxylic acids is 2. The fourth-order valence-electron chi connectivity index (χ4n) is 4.00. The second-order valence-electron chi connectivity index (χ2n) is 7.76. The SMILES string of the molecule is Cc1cc(C)cc(N2C(=O)C(=O)/C(=C(\O)c3ccc(Br)c(C)c3)C2c2ccncc2)c1. The Labute approximate surface area is 189 Å². The minimum absolute atomic E-state index is 0.0667. The maximum absolute atomic E-state index is 13.2. The summed E-state index contributed by atoms with van der Waals surface area (Å²) in [5.41, 5.74) is 4.74. The molecule has 1 atom stereocenters. The molecule has 0 saturated carbocycles. The van der Waals surface area contributed by atoms with Crippen molar-refractivity contribution in [3.63, 3.8) is 0 Å². The molecular formula is C25H21BrN2O3. The molecule has 156 valence electrons. The zero-order valence-electron chi connectivity index (χ0n) is 17.4. The lowest BCUT2D eigenvalue weighted by molar-refractivity contribution is -0.132. The van der Waals surface area contributed by atoms with Gasteiger partial charge >= 0.3 is 0 Å². The molecule has 1 N–H and O–H groups in total. The van der Waals surface area contributed by atoms with Crippen molar-refractivity contribution in [3.8, 4) is 0 Å². The number of ketones is 1. The van der Waals surface area contributed by atoms with Crippen LogP contribution in [0.4, 0.5) is 5.69 Å². The summed E-state index contributed by atoms with van der Waals surface area (Å²) in [5.74, 6) is -1.57. The van der Waals surface area contributed by atoms with E-state index < -0.39 is 17.7 Å². The first-order valence-electron chi connectivity index (χ1n) is 9.83. The Hall–Kier alpha value is -3.25. The molecule has 1 aliphatic heterocycles. The zero-order chi connectivity index (χ0) is 22.3. The van der Waals surface area contributed by atoms with Gasteiger partial charge in [0.05, 0.1) is 11.6 Å². The average molecular weight is 477 g/mol. The minimum atomic E-state index is -0.756. The fraction of sp³-hybridized carbons (Fsp3) is 0.160. The number of hydrogen-bond donors (Lipinski definition) is 1. The Morgan fingerprint density at radius 3 is 2.23 bits per heavy atom. The summed E-state index contributed by atoms with van der Waals surface area (Å²) in [6.45, 7) is 5.79. The molecular weight excluding hydrogens is 456 g/mol. The van der Waals surface area contributed by atoms with Crippen molar-refractivity contribution in [2.75, 3.05) is 4.90 Å². The normalized spacial score (nSPS) is 17.9. The summed E-state index contributed by atoms with van der Waals surface area (Å²) in [5, 5.41) is 11.2. The van der Waals surface area contributed by atoms with E-state index in [0.717, 1.165) is 21.2 Å². The molecule has 3 aromatic rings. The predicted octanol–water partition coefficient (Wildman–Crippen LogP) is 5.40. The van der Waals surface area contributed by atoms with Crippen LogP contribution in [0.3, 0.4) is 0 Å². The first-order valence-corrected chi connectivity index (χ1v) is 10.6. The van der Waals surface area contributed by atoms with E-state index in [-0.39, 0.29) is 11.3 Å². The number of aliphatic hydroxyl groups is 1. The molecule has 4 rings (SSSR count). The molecule has 0 radical (unpaired) electrons. The Bertz CT molecular complexity index is 1210. The Morgan fingerprint density at radius 2 is 1.61 bits per heavy atom. The second kappa shape index (κ2) is 8.12. The van der Waals surface area contributed by atoms with Crippen molar-refractivity contribution < 1.29 is 14.7 Å². The van der Waals surface area contributed by atoms with Crippen LogP contribution in [0.2, 0.25) is 0 Å². The number of amides is 1. The van der Waals surface area contributed by atoms with E-state index in [1.54, 1.807) is 36.7 Å². The predicted molar refractivity (Wildman–Crippen MR) is 124 cm³/mol. The summed E-state index contributed by atoms with van der Waals surface area (Å²) in [4.78, 5) is 31.9. The Balaban J connectivity index is 1.97. The van der Waals surface area contributed by atoms with Crippen LogP contribution in [0.1, 0.15) is 33.9 Å². The molecule has 1 amide bonds. The van der Waals surface area contributed by atoms with Gasteiger partial charge in [-0.25, -0.2) is 0 Å². The third-order valence-corrected chi connectivity index (χ3v) is 6.27. The molecule has 1 fully saturated rings. The Morgan fingerprint density at radius 1 is 0.968 bits per heavy atom. The van der Waals surface area contributed by atoms with E-state index >= 15 is 0 Å². The lowest BCUT2D eigenvalue weighted by atomic mass is 9.95. The van der Waals surface area contributed by atoms with Crippen molar-refractivity contribution in [1.29, 1.82) is 0 Å². The van der Waals surface area contributed by atoms with E-state index in [0.29, 0.717) is 16.8 Å². The van der Waals surface area contributed by atoms with Crippen molar-refractivity contribution in [1.82, 2.24) is 4.98 Å². The first kappa shape index (κ1) is 21.0.